The van der Waals surface area contributed by atoms with Crippen LogP contribution in [0.4, 0.5) is 20.3 Å². The average molecular weight is 469 g/mol. The molecular formula is C25H26F2N4O3. The standard InChI is InChI=1S/C25H26F2N4O3/c1-14-7-19(15(2)28-20-6-4-3-5-18(20)24(33)34)23-29-21(8-22(32)31(23)11-14)30-12-16-9-25(26,27)10-17(16)13-30/h3-8,11,15-17,28H,9-10,12-13H2,1-2H3,(H,33,34)/t15-,16-,17+/m0/s1. The molecule has 3 aromatic rings. The number of nitrogens with one attached hydrogen (secondary N) is 1. The first-order valence-corrected chi connectivity index (χ1v) is 11.4. The summed E-state index contributed by atoms with van der Waals surface area (Å²) in [7, 11) is 0. The molecule has 0 unspecified atom stereocenters. The van der Waals surface area contributed by atoms with Gasteiger partial charge in [0.1, 0.15) is 11.5 Å². The highest BCUT2D eigenvalue weighted by Gasteiger charge is 2.50. The van der Waals surface area contributed by atoms with Crippen LogP contribution >= 0.6 is 0 Å². The highest BCUT2D eigenvalue weighted by atomic mass is 19.3. The van der Waals surface area contributed by atoms with Gasteiger partial charge in [-0.25, -0.2) is 18.6 Å². The van der Waals surface area contributed by atoms with Crippen molar-refractivity contribution < 1.29 is 18.7 Å². The summed E-state index contributed by atoms with van der Waals surface area (Å²) < 4.78 is 29.0. The zero-order valence-electron chi connectivity index (χ0n) is 19.0. The molecule has 0 radical (unpaired) electrons. The molecule has 0 amide bonds. The maximum atomic E-state index is 13.8. The van der Waals surface area contributed by atoms with Crippen molar-refractivity contribution >= 4 is 23.1 Å². The van der Waals surface area contributed by atoms with Gasteiger partial charge in [0.2, 0.25) is 5.92 Å². The summed E-state index contributed by atoms with van der Waals surface area (Å²) in [5.41, 5.74) is 2.43. The molecule has 9 heteroatoms. The Morgan fingerprint density at radius 3 is 2.56 bits per heavy atom. The molecule has 5 rings (SSSR count). The number of pyridine rings is 1. The quantitative estimate of drug-likeness (QED) is 0.579. The van der Waals surface area contributed by atoms with Crippen molar-refractivity contribution in [3.05, 3.63) is 69.6 Å². The fourth-order valence-electron chi connectivity index (χ4n) is 5.38. The summed E-state index contributed by atoms with van der Waals surface area (Å²) in [4.78, 5) is 31.4. The van der Waals surface area contributed by atoms with Crippen LogP contribution in [-0.4, -0.2) is 39.5 Å². The molecule has 0 spiro atoms. The number of anilines is 2. The number of halogens is 2. The van der Waals surface area contributed by atoms with Gasteiger partial charge < -0.3 is 15.3 Å². The van der Waals surface area contributed by atoms with E-state index in [0.29, 0.717) is 30.2 Å². The molecule has 178 valence electrons. The number of alkyl halides is 2. The highest BCUT2D eigenvalue weighted by Crippen LogP contribution is 2.47. The van der Waals surface area contributed by atoms with Crippen LogP contribution in [0.1, 0.15) is 47.3 Å². The number of carbonyl (C=O) groups is 1. The van der Waals surface area contributed by atoms with Crippen LogP contribution in [0.3, 0.4) is 0 Å². The summed E-state index contributed by atoms with van der Waals surface area (Å²) in [6.45, 7) is 4.69. The van der Waals surface area contributed by atoms with Gasteiger partial charge in [-0.1, -0.05) is 12.1 Å². The zero-order chi connectivity index (χ0) is 24.2. The summed E-state index contributed by atoms with van der Waals surface area (Å²) in [5.74, 6) is -3.34. The molecular weight excluding hydrogens is 442 g/mol. The first-order valence-electron chi connectivity index (χ1n) is 11.4. The monoisotopic (exact) mass is 468 g/mol. The van der Waals surface area contributed by atoms with Crippen molar-refractivity contribution in [2.45, 2.75) is 38.7 Å². The number of fused-ring (bicyclic) bond motifs is 2. The lowest BCUT2D eigenvalue weighted by Crippen LogP contribution is -2.28. The molecule has 7 nitrogen and oxygen atoms in total. The molecule has 1 saturated carbocycles. The number of aromatic carboxylic acids is 1. The number of rotatable bonds is 5. The third-order valence-corrected chi connectivity index (χ3v) is 6.93. The number of hydrogen-bond donors (Lipinski definition) is 2. The summed E-state index contributed by atoms with van der Waals surface area (Å²) in [6, 6.07) is 9.68. The molecule has 2 fully saturated rings. The summed E-state index contributed by atoms with van der Waals surface area (Å²) >= 11 is 0. The Labute approximate surface area is 195 Å². The number of aromatic nitrogens is 2. The van der Waals surface area contributed by atoms with Crippen LogP contribution in [0.25, 0.3) is 5.65 Å². The fourth-order valence-corrected chi connectivity index (χ4v) is 5.38. The second-order valence-electron chi connectivity index (χ2n) is 9.53. The normalized spacial score (nSPS) is 22.1. The molecule has 1 saturated heterocycles. The number of para-hydroxylation sites is 1. The Bertz CT molecular complexity index is 1320. The second kappa shape index (κ2) is 8.07. The number of benzene rings is 1. The lowest BCUT2D eigenvalue weighted by molar-refractivity contribution is 0.00171. The predicted molar refractivity (Wildman–Crippen MR) is 125 cm³/mol. The molecule has 3 heterocycles. The first kappa shape index (κ1) is 22.3. The summed E-state index contributed by atoms with van der Waals surface area (Å²) in [5, 5.41) is 12.8. The Kier molecular flexibility index (Phi) is 5.30. The second-order valence-corrected chi connectivity index (χ2v) is 9.53. The van der Waals surface area contributed by atoms with Gasteiger partial charge in [0, 0.05) is 49.4 Å². The SMILES string of the molecule is Cc1cc([C@H](C)Nc2ccccc2C(=O)O)c2nc(N3C[C@@H]4CC(F)(F)C[C@@H]4C3)cc(=O)n2c1. The minimum Gasteiger partial charge on any atom is -0.478 e. The topological polar surface area (TPSA) is 86.9 Å². The van der Waals surface area contributed by atoms with E-state index in [0.717, 1.165) is 11.1 Å². The third kappa shape index (κ3) is 3.99. The van der Waals surface area contributed by atoms with Gasteiger partial charge in [0.15, 0.2) is 0 Å². The van der Waals surface area contributed by atoms with Gasteiger partial charge in [0.05, 0.1) is 11.6 Å². The molecule has 2 aromatic heterocycles. The lowest BCUT2D eigenvalue weighted by atomic mass is 10.0. The molecule has 2 aliphatic rings. The van der Waals surface area contributed by atoms with E-state index in [-0.39, 0.29) is 41.8 Å². The van der Waals surface area contributed by atoms with Gasteiger partial charge in [-0.15, -0.1) is 0 Å². The van der Waals surface area contributed by atoms with E-state index in [1.54, 1.807) is 24.4 Å². The number of aryl methyl sites for hydroxylation is 1. The fraction of sp³-hybridized carbons (Fsp3) is 0.400. The Morgan fingerprint density at radius 1 is 1.21 bits per heavy atom. The minimum atomic E-state index is -2.60. The molecule has 1 aromatic carbocycles. The zero-order valence-corrected chi connectivity index (χ0v) is 19.0. The molecule has 0 bridgehead atoms. The Balaban J connectivity index is 1.51. The number of carboxylic acids is 1. The van der Waals surface area contributed by atoms with Gasteiger partial charge in [-0.3, -0.25) is 9.20 Å². The van der Waals surface area contributed by atoms with Gasteiger partial charge >= 0.3 is 5.97 Å². The molecule has 1 aliphatic heterocycles. The van der Waals surface area contributed by atoms with Crippen molar-refractivity contribution in [3.8, 4) is 0 Å². The molecule has 34 heavy (non-hydrogen) atoms. The van der Waals surface area contributed by atoms with Crippen molar-refractivity contribution in [2.24, 2.45) is 11.8 Å². The number of nitrogens with zero attached hydrogens (tertiary/aromatic N) is 3. The molecule has 3 atom stereocenters. The van der Waals surface area contributed by atoms with Crippen LogP contribution in [0.2, 0.25) is 0 Å². The number of carboxylic acid groups (broad SMARTS) is 1. The van der Waals surface area contributed by atoms with E-state index in [4.69, 9.17) is 4.98 Å². The smallest absolute Gasteiger partial charge is 0.337 e. The van der Waals surface area contributed by atoms with Gasteiger partial charge in [-0.05, 0) is 49.4 Å². The van der Waals surface area contributed by atoms with Crippen LogP contribution < -0.4 is 15.8 Å². The maximum Gasteiger partial charge on any atom is 0.337 e. The molecule has 2 N–H and O–H groups in total. The summed E-state index contributed by atoms with van der Waals surface area (Å²) in [6.07, 6.45) is 1.49. The van der Waals surface area contributed by atoms with E-state index in [1.165, 1.54) is 16.5 Å². The van der Waals surface area contributed by atoms with E-state index >= 15 is 0 Å². The van der Waals surface area contributed by atoms with E-state index < -0.39 is 11.9 Å². The van der Waals surface area contributed by atoms with Gasteiger partial charge in [-0.2, -0.15) is 0 Å². The van der Waals surface area contributed by atoms with Crippen LogP contribution in [-0.2, 0) is 0 Å². The predicted octanol–water partition coefficient (Wildman–Crippen LogP) is 4.36. The van der Waals surface area contributed by atoms with Crippen molar-refractivity contribution in [2.75, 3.05) is 23.3 Å². The first-order chi connectivity index (χ1) is 16.1. The van der Waals surface area contributed by atoms with E-state index in [1.807, 2.05) is 24.8 Å². The van der Waals surface area contributed by atoms with Crippen LogP contribution in [0.5, 0.6) is 0 Å². The number of hydrogen-bond acceptors (Lipinski definition) is 5. The maximum absolute atomic E-state index is 13.8. The van der Waals surface area contributed by atoms with Gasteiger partial charge in [0.25, 0.3) is 5.56 Å². The van der Waals surface area contributed by atoms with E-state index in [2.05, 4.69) is 5.32 Å². The van der Waals surface area contributed by atoms with Crippen LogP contribution in [0.15, 0.2) is 47.4 Å². The van der Waals surface area contributed by atoms with Crippen molar-refractivity contribution in [1.29, 1.82) is 0 Å². The minimum absolute atomic E-state index is 0.0964. The van der Waals surface area contributed by atoms with Crippen molar-refractivity contribution in [1.82, 2.24) is 9.38 Å². The Hall–Kier alpha value is -3.49. The third-order valence-electron chi connectivity index (χ3n) is 6.93. The van der Waals surface area contributed by atoms with Crippen LogP contribution in [0, 0.1) is 18.8 Å². The van der Waals surface area contributed by atoms with E-state index in [9.17, 15) is 23.5 Å². The average Bonchev–Trinajstić information content (AvgIpc) is 3.27. The van der Waals surface area contributed by atoms with Crippen molar-refractivity contribution in [3.63, 3.8) is 0 Å². The Morgan fingerprint density at radius 2 is 1.88 bits per heavy atom. The lowest BCUT2D eigenvalue weighted by Gasteiger charge is -2.22. The largest absolute Gasteiger partial charge is 0.478 e. The molecule has 1 aliphatic carbocycles. The highest BCUT2D eigenvalue weighted by molar-refractivity contribution is 5.94.